The third kappa shape index (κ3) is 6.49. The van der Waals surface area contributed by atoms with Gasteiger partial charge in [0.05, 0.1) is 59.8 Å². The first-order chi connectivity index (χ1) is 24.3. The van der Waals surface area contributed by atoms with Gasteiger partial charge in [0.1, 0.15) is 0 Å². The number of aromatic nitrogens is 4. The predicted octanol–water partition coefficient (Wildman–Crippen LogP) is 6.62. The Morgan fingerprint density at radius 3 is 2.40 bits per heavy atom. The number of nitrogen functional groups attached to an aromatic ring is 1. The van der Waals surface area contributed by atoms with Crippen molar-refractivity contribution in [1.29, 1.82) is 0 Å². The monoisotopic (exact) mass is 678 g/mol. The van der Waals surface area contributed by atoms with Gasteiger partial charge in [0, 0.05) is 37.5 Å². The number of aromatic amines is 1. The highest BCUT2D eigenvalue weighted by Gasteiger charge is 2.12. The smallest absolute Gasteiger partial charge is 0.229 e. The summed E-state index contributed by atoms with van der Waals surface area (Å²) in [7, 11) is 1.79. The zero-order chi connectivity index (χ0) is 34.8. The van der Waals surface area contributed by atoms with Crippen molar-refractivity contribution in [2.75, 3.05) is 12.8 Å². The molecule has 0 bridgehead atoms. The first kappa shape index (κ1) is 32.1. The molecule has 3 aromatic rings. The molecule has 3 heterocycles. The van der Waals surface area contributed by atoms with Crippen molar-refractivity contribution in [3.8, 4) is 33.4 Å². The summed E-state index contributed by atoms with van der Waals surface area (Å²) in [5, 5.41) is 0.971. The minimum atomic E-state index is -0.556. The van der Waals surface area contributed by atoms with Crippen LogP contribution in [-0.4, -0.2) is 26.6 Å². The number of rotatable bonds is 1. The lowest BCUT2D eigenvalue weighted by Crippen LogP contribution is -2.22. The van der Waals surface area contributed by atoms with Crippen LogP contribution in [0.5, 0.6) is 0 Å². The summed E-state index contributed by atoms with van der Waals surface area (Å²) < 4.78 is 8.74. The van der Waals surface area contributed by atoms with Crippen LogP contribution in [0.25, 0.3) is 65.8 Å². The number of anilines is 1. The van der Waals surface area contributed by atoms with Crippen LogP contribution in [0.4, 0.5) is 5.69 Å². The van der Waals surface area contributed by atoms with E-state index in [1.165, 1.54) is 12.1 Å². The molecule has 0 saturated heterocycles. The first-order valence-corrected chi connectivity index (χ1v) is 16.6. The Bertz CT molecular complexity index is 2750. The minimum Gasteiger partial charge on any atom is -0.453 e. The van der Waals surface area contributed by atoms with Gasteiger partial charge in [0.25, 0.3) is 0 Å². The molecule has 9 rings (SSSR count). The zero-order valence-corrected chi connectivity index (χ0v) is 27.9. The summed E-state index contributed by atoms with van der Waals surface area (Å²) in [6, 6.07) is 34.6. The Labute approximate surface area is 288 Å². The number of nitrogens with zero attached hydrogens (tertiary/aromatic N) is 4. The average molecular weight is 679 g/mol. The number of H-pyrrole nitrogens is 1. The highest BCUT2D eigenvalue weighted by Crippen LogP contribution is 2.30. The van der Waals surface area contributed by atoms with Crippen LogP contribution < -0.4 is 27.4 Å². The van der Waals surface area contributed by atoms with Crippen molar-refractivity contribution in [1.82, 2.24) is 19.5 Å². The summed E-state index contributed by atoms with van der Waals surface area (Å²) in [5.41, 5.74) is 13.2. The van der Waals surface area contributed by atoms with E-state index in [9.17, 15) is 14.4 Å². The fraction of sp³-hybridized carbons (Fsp3) is 0.0769. The lowest BCUT2D eigenvalue weighted by Gasteiger charge is -2.16. The molecule has 11 heteroatoms. The standard InChI is InChI=1S/C14H12N2O.C13H11N3S.C12H7NO3/c1-2-16-13-6-4-3-5-11(13)15-12-8-7-10(17)9-14(12)16;1-15-9-3-5-11-13(7-9)17-12-6-8(14)2-4-10(12)16-11;14-9-5-8-12(6-10(9)15)16-11-4-2-1-3-7(11)13-8/h3-9H,2H2,1H3;2-7H,14H2,1H3;1-6,13H. The van der Waals surface area contributed by atoms with Crippen molar-refractivity contribution < 1.29 is 4.42 Å². The van der Waals surface area contributed by atoms with Crippen LogP contribution in [0.15, 0.2) is 139 Å². The van der Waals surface area contributed by atoms with Crippen molar-refractivity contribution >= 4 is 49.4 Å². The molecule has 0 aromatic heterocycles. The largest absolute Gasteiger partial charge is 0.453 e. The maximum atomic E-state index is 11.4. The molecule has 50 heavy (non-hydrogen) atoms. The van der Waals surface area contributed by atoms with Gasteiger partial charge >= 0.3 is 0 Å². The molecule has 6 aliphatic rings. The maximum Gasteiger partial charge on any atom is 0.229 e. The maximum absolute atomic E-state index is 11.4. The Balaban J connectivity index is 0.000000118. The molecule has 246 valence electrons. The van der Waals surface area contributed by atoms with Crippen LogP contribution >= 0.6 is 11.3 Å². The van der Waals surface area contributed by atoms with Gasteiger partial charge in [-0.3, -0.25) is 19.4 Å². The second-order valence-corrected chi connectivity index (χ2v) is 12.4. The SMILES string of the molecule is CCn1c2cc(=O)ccc-2nc2ccccc21.CN=c1ccc2nc3ccc(N)cc3sc-2c1.O=c1cc2[nH]c3ccccc3oc-2cc1=O. The number of para-hydroxylation sites is 4. The fourth-order valence-electron chi connectivity index (χ4n) is 5.62. The van der Waals surface area contributed by atoms with E-state index in [0.717, 1.165) is 66.3 Å². The van der Waals surface area contributed by atoms with Gasteiger partial charge < -0.3 is 19.7 Å². The first-order valence-electron chi connectivity index (χ1n) is 15.8. The number of hydrogen-bond acceptors (Lipinski definition) is 9. The number of fused-ring (bicyclic) bond motifs is 6. The van der Waals surface area contributed by atoms with E-state index in [-0.39, 0.29) is 5.43 Å². The normalized spacial score (nSPS) is 11.5. The van der Waals surface area contributed by atoms with Crippen LogP contribution in [0.1, 0.15) is 6.92 Å². The number of benzene rings is 6. The molecule has 3 aliphatic carbocycles. The van der Waals surface area contributed by atoms with E-state index in [1.54, 1.807) is 42.6 Å². The van der Waals surface area contributed by atoms with Gasteiger partial charge in [-0.1, -0.05) is 24.3 Å². The van der Waals surface area contributed by atoms with Gasteiger partial charge in [-0.15, -0.1) is 11.3 Å². The molecule has 0 radical (unpaired) electrons. The zero-order valence-electron chi connectivity index (χ0n) is 27.1. The summed E-state index contributed by atoms with van der Waals surface area (Å²) in [6.07, 6.45) is 0. The minimum absolute atomic E-state index is 0.0248. The van der Waals surface area contributed by atoms with E-state index in [0.29, 0.717) is 17.0 Å². The van der Waals surface area contributed by atoms with Crippen LogP contribution in [0, 0.1) is 0 Å². The molecule has 0 amide bonds. The second kappa shape index (κ2) is 13.6. The lowest BCUT2D eigenvalue weighted by molar-refractivity contribution is 0.612. The van der Waals surface area contributed by atoms with Crippen molar-refractivity contribution in [3.05, 3.63) is 151 Å². The van der Waals surface area contributed by atoms with Crippen molar-refractivity contribution in [2.24, 2.45) is 4.99 Å². The van der Waals surface area contributed by atoms with Crippen LogP contribution in [-0.2, 0) is 6.54 Å². The number of nitrogens with one attached hydrogen (secondary N) is 1. The third-order valence-corrected chi connectivity index (χ3v) is 9.13. The van der Waals surface area contributed by atoms with E-state index in [4.69, 9.17) is 10.2 Å². The Hall–Kier alpha value is -6.46. The topological polar surface area (TPSA) is 149 Å². The summed E-state index contributed by atoms with van der Waals surface area (Å²) in [4.78, 5) is 51.3. The Morgan fingerprint density at radius 2 is 1.56 bits per heavy atom. The molecular formula is C39H30N6O4S. The molecule has 0 atom stereocenters. The van der Waals surface area contributed by atoms with E-state index in [1.807, 2.05) is 72.8 Å². The highest BCUT2D eigenvalue weighted by atomic mass is 32.1. The Morgan fingerprint density at radius 1 is 0.800 bits per heavy atom. The van der Waals surface area contributed by atoms with Gasteiger partial charge in [0.15, 0.2) is 16.8 Å². The van der Waals surface area contributed by atoms with Gasteiger partial charge in [0.2, 0.25) is 10.9 Å². The molecular weight excluding hydrogens is 649 g/mol. The average Bonchev–Trinajstić information content (AvgIpc) is 3.13. The molecule has 3 aromatic carbocycles. The summed E-state index contributed by atoms with van der Waals surface area (Å²) in [5.74, 6) is 0.392. The van der Waals surface area contributed by atoms with Gasteiger partial charge in [-0.05, 0) is 79.7 Å². The van der Waals surface area contributed by atoms with Crippen LogP contribution in [0.2, 0.25) is 0 Å². The van der Waals surface area contributed by atoms with E-state index >= 15 is 0 Å². The molecule has 10 nitrogen and oxygen atoms in total. The van der Waals surface area contributed by atoms with Gasteiger partial charge in [-0.2, -0.15) is 0 Å². The van der Waals surface area contributed by atoms with Crippen molar-refractivity contribution in [3.63, 3.8) is 0 Å². The second-order valence-electron chi connectivity index (χ2n) is 11.3. The summed E-state index contributed by atoms with van der Waals surface area (Å²) in [6.45, 7) is 2.90. The molecule has 0 spiro atoms. The molecule has 3 aliphatic heterocycles. The molecule has 0 unspecified atom stereocenters. The molecule has 3 N–H and O–H groups in total. The third-order valence-electron chi connectivity index (χ3n) is 8.04. The van der Waals surface area contributed by atoms with Gasteiger partial charge in [-0.25, -0.2) is 9.97 Å². The fourth-order valence-corrected chi connectivity index (χ4v) is 6.66. The molecule has 0 saturated carbocycles. The predicted molar refractivity (Wildman–Crippen MR) is 200 cm³/mol. The Kier molecular flexibility index (Phi) is 8.72. The molecule has 0 fully saturated rings. The van der Waals surface area contributed by atoms with Crippen LogP contribution in [0.3, 0.4) is 0 Å². The number of nitrogens with two attached hydrogens (primary N) is 1. The van der Waals surface area contributed by atoms with E-state index in [2.05, 4.69) is 37.5 Å². The quantitative estimate of drug-likeness (QED) is 0.113. The van der Waals surface area contributed by atoms with Crippen molar-refractivity contribution in [2.45, 2.75) is 13.5 Å². The highest BCUT2D eigenvalue weighted by molar-refractivity contribution is 7.21. The van der Waals surface area contributed by atoms with E-state index < -0.39 is 10.9 Å². The summed E-state index contributed by atoms with van der Waals surface area (Å²) >= 11 is 1.69. The number of aryl methyl sites for hydroxylation is 1. The lowest BCUT2D eigenvalue weighted by atomic mass is 10.1. The number of hydrogen-bond donors (Lipinski definition) is 2.